The van der Waals surface area contributed by atoms with Gasteiger partial charge >= 0.3 is 0 Å². The number of benzene rings is 1. The van der Waals surface area contributed by atoms with Crippen molar-refractivity contribution in [2.45, 2.75) is 13.5 Å². The molecule has 1 N–H and O–H groups in total. The van der Waals surface area contributed by atoms with Crippen LogP contribution in [0.25, 0.3) is 0 Å². The fraction of sp³-hybridized carbons (Fsp3) is 0.412. The molecule has 3 rings (SSSR count). The molecule has 1 aliphatic rings. The van der Waals surface area contributed by atoms with Gasteiger partial charge in [-0.3, -0.25) is 9.69 Å². The smallest absolute Gasteiger partial charge is 0.234 e. The lowest BCUT2D eigenvalue weighted by Crippen LogP contribution is -2.49. The molecule has 1 aromatic heterocycles. The minimum absolute atomic E-state index is 0.0902. The summed E-state index contributed by atoms with van der Waals surface area (Å²) in [6, 6.07) is 10.0. The fourth-order valence-electron chi connectivity index (χ4n) is 2.64. The van der Waals surface area contributed by atoms with Crippen molar-refractivity contribution in [3.63, 3.8) is 0 Å². The maximum Gasteiger partial charge on any atom is 0.234 e. The molecule has 6 heteroatoms. The van der Waals surface area contributed by atoms with Crippen LogP contribution in [0.3, 0.4) is 0 Å². The Hall–Kier alpha value is -1.92. The maximum atomic E-state index is 12.1. The molecule has 23 heavy (non-hydrogen) atoms. The van der Waals surface area contributed by atoms with Crippen LogP contribution >= 0.6 is 11.3 Å². The number of nitrogens with zero attached hydrogens (tertiary/aromatic N) is 3. The number of anilines is 1. The van der Waals surface area contributed by atoms with Gasteiger partial charge in [-0.25, -0.2) is 4.98 Å². The number of aryl methyl sites for hydroxylation is 1. The van der Waals surface area contributed by atoms with Gasteiger partial charge in [0, 0.05) is 38.1 Å². The first kappa shape index (κ1) is 16.0. The van der Waals surface area contributed by atoms with E-state index in [1.165, 1.54) is 0 Å². The third-order valence-corrected chi connectivity index (χ3v) is 4.97. The van der Waals surface area contributed by atoms with E-state index < -0.39 is 0 Å². The first-order chi connectivity index (χ1) is 11.2. The van der Waals surface area contributed by atoms with Crippen LogP contribution in [-0.4, -0.2) is 48.5 Å². The molecule has 5 nitrogen and oxygen atoms in total. The zero-order chi connectivity index (χ0) is 16.1. The molecule has 2 heterocycles. The molecule has 0 saturated carbocycles. The predicted molar refractivity (Wildman–Crippen MR) is 93.8 cm³/mol. The Kier molecular flexibility index (Phi) is 5.25. The maximum absolute atomic E-state index is 12.1. The van der Waals surface area contributed by atoms with E-state index in [1.54, 1.807) is 11.3 Å². The number of carbonyl (C=O) groups excluding carboxylic acids is 1. The van der Waals surface area contributed by atoms with Crippen LogP contribution in [0.4, 0.5) is 5.13 Å². The van der Waals surface area contributed by atoms with Crippen LogP contribution in [0.15, 0.2) is 35.7 Å². The van der Waals surface area contributed by atoms with E-state index in [1.807, 2.05) is 37.3 Å². The molecule has 0 radical (unpaired) electrons. The first-order valence-corrected chi connectivity index (χ1v) is 8.79. The zero-order valence-corrected chi connectivity index (χ0v) is 14.2. The van der Waals surface area contributed by atoms with Gasteiger partial charge in [-0.05, 0) is 12.5 Å². The lowest BCUT2D eigenvalue weighted by atomic mass is 10.2. The number of thiazole rings is 1. The highest BCUT2D eigenvalue weighted by atomic mass is 32.1. The largest absolute Gasteiger partial charge is 0.351 e. The molecule has 0 aliphatic carbocycles. The Bertz CT molecular complexity index is 635. The summed E-state index contributed by atoms with van der Waals surface area (Å²) in [4.78, 5) is 21.1. The summed E-state index contributed by atoms with van der Waals surface area (Å²) in [5, 5.41) is 6.16. The number of hydrogen-bond donors (Lipinski definition) is 1. The Balaban J connectivity index is 1.41. The van der Waals surface area contributed by atoms with E-state index in [-0.39, 0.29) is 5.91 Å². The number of piperazine rings is 1. The number of hydrogen-bond acceptors (Lipinski definition) is 5. The summed E-state index contributed by atoms with van der Waals surface area (Å²) >= 11 is 1.69. The molecular formula is C17H22N4OS. The first-order valence-electron chi connectivity index (χ1n) is 7.91. The number of carbonyl (C=O) groups is 1. The van der Waals surface area contributed by atoms with Crippen molar-refractivity contribution in [3.05, 3.63) is 47.0 Å². The molecule has 0 spiro atoms. The molecule has 0 atom stereocenters. The van der Waals surface area contributed by atoms with Crippen LogP contribution in [0, 0.1) is 6.92 Å². The van der Waals surface area contributed by atoms with E-state index in [0.29, 0.717) is 13.1 Å². The van der Waals surface area contributed by atoms with Crippen molar-refractivity contribution < 1.29 is 4.79 Å². The molecule has 1 amide bonds. The van der Waals surface area contributed by atoms with E-state index >= 15 is 0 Å². The molecule has 1 aliphatic heterocycles. The third kappa shape index (κ3) is 4.53. The lowest BCUT2D eigenvalue weighted by molar-refractivity contribution is -0.122. The second-order valence-corrected chi connectivity index (χ2v) is 6.63. The zero-order valence-electron chi connectivity index (χ0n) is 13.4. The van der Waals surface area contributed by atoms with Crippen LogP contribution < -0.4 is 10.2 Å². The summed E-state index contributed by atoms with van der Waals surface area (Å²) in [6.07, 6.45) is 0. The van der Waals surface area contributed by atoms with Gasteiger partial charge in [0.1, 0.15) is 0 Å². The van der Waals surface area contributed by atoms with Gasteiger partial charge in [-0.2, -0.15) is 0 Å². The Labute approximate surface area is 140 Å². The van der Waals surface area contributed by atoms with Crippen molar-refractivity contribution >= 4 is 22.4 Å². The average Bonchev–Trinajstić information content (AvgIpc) is 3.01. The van der Waals surface area contributed by atoms with E-state index in [0.717, 1.165) is 42.6 Å². The van der Waals surface area contributed by atoms with Crippen molar-refractivity contribution in [1.29, 1.82) is 0 Å². The standard InChI is InChI=1S/C17H22N4OS/c1-14-13-23-17(19-14)21-9-7-20(8-10-21)12-16(22)18-11-15-5-3-2-4-6-15/h2-6,13H,7-12H2,1H3,(H,18,22). The van der Waals surface area contributed by atoms with Gasteiger partial charge in [0.2, 0.25) is 5.91 Å². The topological polar surface area (TPSA) is 48.5 Å². The van der Waals surface area contributed by atoms with Crippen LogP contribution in [0.5, 0.6) is 0 Å². The second kappa shape index (κ2) is 7.57. The molecular weight excluding hydrogens is 308 g/mol. The second-order valence-electron chi connectivity index (χ2n) is 5.80. The number of amides is 1. The normalized spacial score (nSPS) is 15.6. The van der Waals surface area contributed by atoms with Gasteiger partial charge < -0.3 is 10.2 Å². The summed E-state index contributed by atoms with van der Waals surface area (Å²) in [6.45, 7) is 6.75. The summed E-state index contributed by atoms with van der Waals surface area (Å²) in [5.41, 5.74) is 2.21. The summed E-state index contributed by atoms with van der Waals surface area (Å²) in [7, 11) is 0. The van der Waals surface area contributed by atoms with Crippen LogP contribution in [0.1, 0.15) is 11.3 Å². The van der Waals surface area contributed by atoms with Crippen molar-refractivity contribution in [2.24, 2.45) is 0 Å². The van der Waals surface area contributed by atoms with Crippen molar-refractivity contribution in [1.82, 2.24) is 15.2 Å². The number of nitrogens with one attached hydrogen (secondary N) is 1. The average molecular weight is 330 g/mol. The minimum atomic E-state index is 0.0902. The Morgan fingerprint density at radius 3 is 2.61 bits per heavy atom. The molecule has 122 valence electrons. The number of rotatable bonds is 5. The Morgan fingerprint density at radius 1 is 1.22 bits per heavy atom. The Morgan fingerprint density at radius 2 is 1.96 bits per heavy atom. The van der Waals surface area contributed by atoms with E-state index in [2.05, 4.69) is 25.5 Å². The summed E-state index contributed by atoms with van der Waals surface area (Å²) < 4.78 is 0. The van der Waals surface area contributed by atoms with Crippen LogP contribution in [0.2, 0.25) is 0 Å². The molecule has 1 fully saturated rings. The van der Waals surface area contributed by atoms with Gasteiger partial charge in [-0.15, -0.1) is 11.3 Å². The monoisotopic (exact) mass is 330 g/mol. The third-order valence-electron chi connectivity index (χ3n) is 3.95. The predicted octanol–water partition coefficient (Wildman–Crippen LogP) is 1.89. The quantitative estimate of drug-likeness (QED) is 0.909. The molecule has 2 aromatic rings. The molecule has 1 saturated heterocycles. The van der Waals surface area contributed by atoms with Gasteiger partial charge in [-0.1, -0.05) is 30.3 Å². The van der Waals surface area contributed by atoms with Gasteiger partial charge in [0.05, 0.1) is 12.2 Å². The van der Waals surface area contributed by atoms with Crippen LogP contribution in [-0.2, 0) is 11.3 Å². The van der Waals surface area contributed by atoms with Gasteiger partial charge in [0.15, 0.2) is 5.13 Å². The highest BCUT2D eigenvalue weighted by Crippen LogP contribution is 2.21. The van der Waals surface area contributed by atoms with Gasteiger partial charge in [0.25, 0.3) is 0 Å². The highest BCUT2D eigenvalue weighted by molar-refractivity contribution is 7.13. The van der Waals surface area contributed by atoms with E-state index in [4.69, 9.17) is 0 Å². The summed E-state index contributed by atoms with van der Waals surface area (Å²) in [5.74, 6) is 0.0902. The molecule has 0 unspecified atom stereocenters. The SMILES string of the molecule is Cc1csc(N2CCN(CC(=O)NCc3ccccc3)CC2)n1. The lowest BCUT2D eigenvalue weighted by Gasteiger charge is -2.34. The van der Waals surface area contributed by atoms with E-state index in [9.17, 15) is 4.79 Å². The van der Waals surface area contributed by atoms with Crippen molar-refractivity contribution in [3.8, 4) is 0 Å². The molecule has 0 bridgehead atoms. The van der Waals surface area contributed by atoms with Crippen molar-refractivity contribution in [2.75, 3.05) is 37.6 Å². The highest BCUT2D eigenvalue weighted by Gasteiger charge is 2.20. The fourth-order valence-corrected chi connectivity index (χ4v) is 3.50. The minimum Gasteiger partial charge on any atom is -0.351 e. The molecule has 1 aromatic carbocycles. The number of aromatic nitrogens is 1.